The lowest BCUT2D eigenvalue weighted by molar-refractivity contribution is -0.121. The number of thiazole rings is 1. The fourth-order valence-electron chi connectivity index (χ4n) is 1.65. The SMILES string of the molecule is Nc1ccccc1OCCC(=O)NCCc1cscn1. The molecule has 0 fully saturated rings. The molecule has 0 aliphatic rings. The van der Waals surface area contributed by atoms with Crippen LogP contribution in [0.5, 0.6) is 5.75 Å². The average Bonchev–Trinajstić information content (AvgIpc) is 2.94. The topological polar surface area (TPSA) is 77.2 Å². The number of nitrogens with two attached hydrogens (primary N) is 1. The summed E-state index contributed by atoms with van der Waals surface area (Å²) in [6.07, 6.45) is 1.06. The van der Waals surface area contributed by atoms with Crippen molar-refractivity contribution in [2.45, 2.75) is 12.8 Å². The maximum Gasteiger partial charge on any atom is 0.223 e. The number of para-hydroxylation sites is 2. The van der Waals surface area contributed by atoms with E-state index in [1.54, 1.807) is 29.0 Å². The molecule has 0 saturated heterocycles. The number of hydrogen-bond acceptors (Lipinski definition) is 5. The van der Waals surface area contributed by atoms with Gasteiger partial charge < -0.3 is 15.8 Å². The monoisotopic (exact) mass is 291 g/mol. The van der Waals surface area contributed by atoms with Crippen molar-refractivity contribution in [2.24, 2.45) is 0 Å². The van der Waals surface area contributed by atoms with E-state index < -0.39 is 0 Å². The standard InChI is InChI=1S/C14H17N3O2S/c15-12-3-1-2-4-13(12)19-8-6-14(18)16-7-5-11-9-20-10-17-11/h1-4,9-10H,5-8,15H2,(H,16,18). The van der Waals surface area contributed by atoms with E-state index in [0.717, 1.165) is 12.1 Å². The van der Waals surface area contributed by atoms with Gasteiger partial charge in [0.1, 0.15) is 5.75 Å². The molecule has 3 N–H and O–H groups in total. The van der Waals surface area contributed by atoms with Crippen molar-refractivity contribution in [3.05, 3.63) is 40.8 Å². The van der Waals surface area contributed by atoms with Crippen molar-refractivity contribution < 1.29 is 9.53 Å². The van der Waals surface area contributed by atoms with Crippen LogP contribution in [-0.2, 0) is 11.2 Å². The molecule has 0 radical (unpaired) electrons. The lowest BCUT2D eigenvalue weighted by Crippen LogP contribution is -2.27. The van der Waals surface area contributed by atoms with E-state index in [1.165, 1.54) is 0 Å². The van der Waals surface area contributed by atoms with Crippen molar-refractivity contribution >= 4 is 22.9 Å². The summed E-state index contributed by atoms with van der Waals surface area (Å²) in [4.78, 5) is 15.8. The molecular weight excluding hydrogens is 274 g/mol. The molecule has 0 aliphatic heterocycles. The summed E-state index contributed by atoms with van der Waals surface area (Å²) in [5, 5.41) is 4.82. The molecule has 0 unspecified atom stereocenters. The molecule has 2 rings (SSSR count). The summed E-state index contributed by atoms with van der Waals surface area (Å²) in [5.74, 6) is 0.581. The van der Waals surface area contributed by atoms with Crippen LogP contribution in [0.1, 0.15) is 12.1 Å². The van der Waals surface area contributed by atoms with Crippen LogP contribution < -0.4 is 15.8 Å². The molecule has 0 bridgehead atoms. The minimum absolute atomic E-state index is 0.0327. The van der Waals surface area contributed by atoms with E-state index in [1.807, 2.05) is 17.5 Å². The molecule has 1 heterocycles. The second-order valence-electron chi connectivity index (χ2n) is 4.22. The third-order valence-corrected chi connectivity index (χ3v) is 3.33. The van der Waals surface area contributed by atoms with Crippen molar-refractivity contribution in [3.8, 4) is 5.75 Å². The quantitative estimate of drug-likeness (QED) is 0.763. The summed E-state index contributed by atoms with van der Waals surface area (Å²) < 4.78 is 5.46. The highest BCUT2D eigenvalue weighted by molar-refractivity contribution is 7.07. The Hall–Kier alpha value is -2.08. The van der Waals surface area contributed by atoms with E-state index in [9.17, 15) is 4.79 Å². The summed E-state index contributed by atoms with van der Waals surface area (Å²) >= 11 is 1.56. The van der Waals surface area contributed by atoms with Gasteiger partial charge in [0.2, 0.25) is 5.91 Å². The maximum atomic E-state index is 11.6. The van der Waals surface area contributed by atoms with Crippen LogP contribution in [0.3, 0.4) is 0 Å². The summed E-state index contributed by atoms with van der Waals surface area (Å²) in [7, 11) is 0. The van der Waals surface area contributed by atoms with Crippen LogP contribution in [0.2, 0.25) is 0 Å². The van der Waals surface area contributed by atoms with Gasteiger partial charge in [-0.05, 0) is 12.1 Å². The number of anilines is 1. The van der Waals surface area contributed by atoms with Crippen LogP contribution in [0.25, 0.3) is 0 Å². The van der Waals surface area contributed by atoms with Gasteiger partial charge in [0, 0.05) is 18.3 Å². The maximum absolute atomic E-state index is 11.6. The molecule has 106 valence electrons. The molecule has 1 aromatic heterocycles. The Morgan fingerprint density at radius 1 is 1.40 bits per heavy atom. The minimum atomic E-state index is -0.0327. The Bertz CT molecular complexity index is 543. The molecule has 0 spiro atoms. The second-order valence-corrected chi connectivity index (χ2v) is 4.93. The number of carbonyl (C=O) groups excluding carboxylic acids is 1. The number of hydrogen-bond donors (Lipinski definition) is 2. The first kappa shape index (κ1) is 14.3. The third-order valence-electron chi connectivity index (χ3n) is 2.69. The smallest absolute Gasteiger partial charge is 0.223 e. The molecule has 1 amide bonds. The predicted molar refractivity (Wildman–Crippen MR) is 79.8 cm³/mol. The van der Waals surface area contributed by atoms with Crippen LogP contribution in [-0.4, -0.2) is 24.0 Å². The number of aromatic nitrogens is 1. The van der Waals surface area contributed by atoms with Gasteiger partial charge in [-0.15, -0.1) is 11.3 Å². The van der Waals surface area contributed by atoms with Gasteiger partial charge in [0.25, 0.3) is 0 Å². The first-order valence-electron chi connectivity index (χ1n) is 6.37. The van der Waals surface area contributed by atoms with Gasteiger partial charge in [0.15, 0.2) is 0 Å². The lowest BCUT2D eigenvalue weighted by Gasteiger charge is -2.08. The first-order chi connectivity index (χ1) is 9.75. The zero-order valence-corrected chi connectivity index (χ0v) is 11.9. The highest BCUT2D eigenvalue weighted by Gasteiger charge is 2.03. The van der Waals surface area contributed by atoms with Gasteiger partial charge in [-0.25, -0.2) is 4.98 Å². The van der Waals surface area contributed by atoms with Gasteiger partial charge in [-0.3, -0.25) is 4.79 Å². The van der Waals surface area contributed by atoms with E-state index in [0.29, 0.717) is 31.0 Å². The average molecular weight is 291 g/mol. The van der Waals surface area contributed by atoms with Gasteiger partial charge in [-0.1, -0.05) is 12.1 Å². The van der Waals surface area contributed by atoms with Crippen LogP contribution in [0, 0.1) is 0 Å². The number of nitrogens with one attached hydrogen (secondary N) is 1. The molecule has 2 aromatic rings. The van der Waals surface area contributed by atoms with Crippen LogP contribution in [0.15, 0.2) is 35.2 Å². The molecule has 0 aliphatic carbocycles. The molecule has 5 nitrogen and oxygen atoms in total. The number of amides is 1. The van der Waals surface area contributed by atoms with Crippen LogP contribution in [0.4, 0.5) is 5.69 Å². The molecule has 20 heavy (non-hydrogen) atoms. The fraction of sp³-hybridized carbons (Fsp3) is 0.286. The number of carbonyl (C=O) groups is 1. The Morgan fingerprint density at radius 2 is 2.25 bits per heavy atom. The van der Waals surface area contributed by atoms with E-state index in [-0.39, 0.29) is 5.91 Å². The minimum Gasteiger partial charge on any atom is -0.491 e. The van der Waals surface area contributed by atoms with Gasteiger partial charge >= 0.3 is 0 Å². The number of ether oxygens (including phenoxy) is 1. The number of nitrogens with zero attached hydrogens (tertiary/aromatic N) is 1. The Kier molecular flexibility index (Phi) is 5.37. The molecule has 0 saturated carbocycles. The largest absolute Gasteiger partial charge is 0.491 e. The highest BCUT2D eigenvalue weighted by atomic mass is 32.1. The van der Waals surface area contributed by atoms with Crippen molar-refractivity contribution in [1.29, 1.82) is 0 Å². The summed E-state index contributed by atoms with van der Waals surface area (Å²) in [5.41, 5.74) is 9.11. The fourth-order valence-corrected chi connectivity index (χ4v) is 2.24. The lowest BCUT2D eigenvalue weighted by atomic mass is 10.3. The molecule has 1 aromatic carbocycles. The Labute approximate surface area is 121 Å². The van der Waals surface area contributed by atoms with Gasteiger partial charge in [-0.2, -0.15) is 0 Å². The van der Waals surface area contributed by atoms with E-state index in [4.69, 9.17) is 10.5 Å². The van der Waals surface area contributed by atoms with Crippen molar-refractivity contribution in [1.82, 2.24) is 10.3 Å². The van der Waals surface area contributed by atoms with Crippen LogP contribution >= 0.6 is 11.3 Å². The number of nitrogen functional groups attached to an aromatic ring is 1. The second kappa shape index (κ2) is 7.49. The van der Waals surface area contributed by atoms with E-state index in [2.05, 4.69) is 10.3 Å². The highest BCUT2D eigenvalue weighted by Crippen LogP contribution is 2.19. The van der Waals surface area contributed by atoms with Crippen molar-refractivity contribution in [2.75, 3.05) is 18.9 Å². The van der Waals surface area contributed by atoms with E-state index >= 15 is 0 Å². The zero-order chi connectivity index (χ0) is 14.2. The van der Waals surface area contributed by atoms with Crippen molar-refractivity contribution in [3.63, 3.8) is 0 Å². The first-order valence-corrected chi connectivity index (χ1v) is 7.31. The molecule has 6 heteroatoms. The predicted octanol–water partition coefficient (Wildman–Crippen LogP) is 1.85. The Morgan fingerprint density at radius 3 is 3.00 bits per heavy atom. The number of benzene rings is 1. The summed E-state index contributed by atoms with van der Waals surface area (Å²) in [6, 6.07) is 7.24. The molecular formula is C14H17N3O2S. The number of rotatable bonds is 7. The van der Waals surface area contributed by atoms with Gasteiger partial charge in [0.05, 0.1) is 29.9 Å². The normalized spacial score (nSPS) is 10.2. The summed E-state index contributed by atoms with van der Waals surface area (Å²) in [6.45, 7) is 0.910. The third kappa shape index (κ3) is 4.55. The molecule has 0 atom stereocenters. The Balaban J connectivity index is 1.62. The zero-order valence-electron chi connectivity index (χ0n) is 11.0.